The van der Waals surface area contributed by atoms with Crippen molar-refractivity contribution in [2.24, 2.45) is 0 Å². The van der Waals surface area contributed by atoms with Gasteiger partial charge in [-0.05, 0) is 85.3 Å². The Kier molecular flexibility index (Phi) is 11.2. The number of carbonyl (C=O) groups is 2. The second-order valence-corrected chi connectivity index (χ2v) is 9.51. The van der Waals surface area contributed by atoms with Crippen LogP contribution < -0.4 is 15.4 Å². The molecule has 2 N–H and O–H groups in total. The van der Waals surface area contributed by atoms with E-state index in [1.54, 1.807) is 49.6 Å². The van der Waals surface area contributed by atoms with Gasteiger partial charge in [0.2, 0.25) is 5.91 Å². The Hall–Kier alpha value is -4.00. The maximum absolute atomic E-state index is 13.4. The lowest BCUT2D eigenvalue weighted by Gasteiger charge is -2.18. The first-order chi connectivity index (χ1) is 18.8. The zero-order valence-corrected chi connectivity index (χ0v) is 22.7. The van der Waals surface area contributed by atoms with Gasteiger partial charge in [0.25, 0.3) is 5.91 Å². The van der Waals surface area contributed by atoms with Crippen LogP contribution in [-0.2, 0) is 4.79 Å². The third kappa shape index (κ3) is 9.06. The summed E-state index contributed by atoms with van der Waals surface area (Å²) in [6, 6.07) is 16.3. The number of carbonyl (C=O) groups excluding carboxylic acids is 2. The number of amides is 2. The van der Waals surface area contributed by atoms with Crippen LogP contribution in [-0.4, -0.2) is 32.0 Å². The van der Waals surface area contributed by atoms with Crippen LogP contribution >= 0.6 is 0 Å². The second kappa shape index (κ2) is 14.8. The molecule has 3 aromatic carbocycles. The van der Waals surface area contributed by atoms with Crippen molar-refractivity contribution in [2.75, 3.05) is 20.2 Å². The van der Waals surface area contributed by atoms with Gasteiger partial charge < -0.3 is 15.4 Å². The fourth-order valence-electron chi connectivity index (χ4n) is 4.40. The van der Waals surface area contributed by atoms with E-state index in [0.29, 0.717) is 37.2 Å². The third-order valence-corrected chi connectivity index (χ3v) is 6.76. The van der Waals surface area contributed by atoms with Crippen LogP contribution in [0, 0.1) is 25.5 Å². The van der Waals surface area contributed by atoms with E-state index in [1.165, 1.54) is 24.3 Å². The summed E-state index contributed by atoms with van der Waals surface area (Å²) in [5, 5.41) is 5.69. The van der Waals surface area contributed by atoms with Crippen molar-refractivity contribution in [2.45, 2.75) is 45.4 Å². The summed E-state index contributed by atoms with van der Waals surface area (Å²) in [4.78, 5) is 24.7. The highest BCUT2D eigenvalue weighted by Gasteiger charge is 2.15. The van der Waals surface area contributed by atoms with E-state index in [9.17, 15) is 18.4 Å². The van der Waals surface area contributed by atoms with Crippen LogP contribution in [0.5, 0.6) is 5.75 Å². The van der Waals surface area contributed by atoms with Gasteiger partial charge in [-0.15, -0.1) is 0 Å². The summed E-state index contributed by atoms with van der Waals surface area (Å²) in [6.07, 6.45) is 6.24. The molecule has 0 aliphatic carbocycles. The molecule has 0 radical (unpaired) electrons. The number of aryl methyl sites for hydroxylation is 1. The SMILES string of the molecule is COc1cc(C(=O)NC/C=C/CNC(=O)CCCCC(c2ccc(F)cc2)c2ccc(F)cc2)cc(C)c1C. The molecule has 7 heteroatoms. The van der Waals surface area contributed by atoms with Gasteiger partial charge in [0.05, 0.1) is 7.11 Å². The van der Waals surface area contributed by atoms with Crippen molar-refractivity contribution in [3.8, 4) is 5.75 Å². The molecule has 0 aromatic heterocycles. The normalized spacial score (nSPS) is 11.1. The molecular weight excluding hydrogens is 498 g/mol. The van der Waals surface area contributed by atoms with E-state index in [4.69, 9.17) is 4.74 Å². The Labute approximate surface area is 229 Å². The van der Waals surface area contributed by atoms with Crippen molar-refractivity contribution in [3.63, 3.8) is 0 Å². The van der Waals surface area contributed by atoms with Crippen molar-refractivity contribution >= 4 is 11.8 Å². The summed E-state index contributed by atoms with van der Waals surface area (Å²) in [7, 11) is 1.58. The van der Waals surface area contributed by atoms with E-state index in [0.717, 1.165) is 35.1 Å². The number of halogens is 2. The molecular formula is C32H36F2N2O3. The summed E-state index contributed by atoms with van der Waals surface area (Å²) < 4.78 is 32.1. The van der Waals surface area contributed by atoms with Crippen molar-refractivity contribution in [3.05, 3.63) is 112 Å². The van der Waals surface area contributed by atoms with Crippen molar-refractivity contribution in [1.29, 1.82) is 0 Å². The van der Waals surface area contributed by atoms with Gasteiger partial charge in [-0.3, -0.25) is 9.59 Å². The second-order valence-electron chi connectivity index (χ2n) is 9.51. The topological polar surface area (TPSA) is 67.4 Å². The van der Waals surface area contributed by atoms with E-state index in [1.807, 2.05) is 19.9 Å². The van der Waals surface area contributed by atoms with Crippen molar-refractivity contribution in [1.82, 2.24) is 10.6 Å². The first-order valence-corrected chi connectivity index (χ1v) is 13.1. The number of benzene rings is 3. The number of hydrogen-bond acceptors (Lipinski definition) is 3. The van der Waals surface area contributed by atoms with Gasteiger partial charge in [0.1, 0.15) is 17.4 Å². The van der Waals surface area contributed by atoms with Gasteiger partial charge in [-0.1, -0.05) is 42.8 Å². The Morgan fingerprint density at radius 3 is 1.97 bits per heavy atom. The maximum Gasteiger partial charge on any atom is 0.251 e. The molecule has 3 rings (SSSR count). The van der Waals surface area contributed by atoms with Crippen LogP contribution in [0.15, 0.2) is 72.8 Å². The maximum atomic E-state index is 13.4. The van der Waals surface area contributed by atoms with Gasteiger partial charge in [-0.2, -0.15) is 0 Å². The van der Waals surface area contributed by atoms with E-state index in [2.05, 4.69) is 10.6 Å². The average molecular weight is 535 g/mol. The first kappa shape index (κ1) is 29.6. The fourth-order valence-corrected chi connectivity index (χ4v) is 4.40. The summed E-state index contributed by atoms with van der Waals surface area (Å²) in [5.41, 5.74) is 4.45. The lowest BCUT2D eigenvalue weighted by atomic mass is 9.87. The van der Waals surface area contributed by atoms with E-state index >= 15 is 0 Å². The van der Waals surface area contributed by atoms with Gasteiger partial charge in [0.15, 0.2) is 0 Å². The lowest BCUT2D eigenvalue weighted by Crippen LogP contribution is -2.25. The molecule has 0 aliphatic heterocycles. The summed E-state index contributed by atoms with van der Waals surface area (Å²) in [5.74, 6) is -0.161. The average Bonchev–Trinajstić information content (AvgIpc) is 2.93. The Morgan fingerprint density at radius 1 is 0.846 bits per heavy atom. The molecule has 0 spiro atoms. The molecule has 0 fully saturated rings. The minimum atomic E-state index is -0.299. The molecule has 5 nitrogen and oxygen atoms in total. The molecule has 0 saturated carbocycles. The number of nitrogens with one attached hydrogen (secondary N) is 2. The van der Waals surface area contributed by atoms with Crippen LogP contribution in [0.25, 0.3) is 0 Å². The first-order valence-electron chi connectivity index (χ1n) is 13.1. The Bertz CT molecular complexity index is 1230. The third-order valence-electron chi connectivity index (χ3n) is 6.76. The highest BCUT2D eigenvalue weighted by molar-refractivity contribution is 5.95. The predicted molar refractivity (Wildman–Crippen MR) is 150 cm³/mol. The molecule has 0 atom stereocenters. The van der Waals surface area contributed by atoms with Crippen LogP contribution in [0.1, 0.15) is 64.2 Å². The Morgan fingerprint density at radius 2 is 1.41 bits per heavy atom. The number of ether oxygens (including phenoxy) is 1. The van der Waals surface area contributed by atoms with Gasteiger partial charge in [-0.25, -0.2) is 8.78 Å². The van der Waals surface area contributed by atoms with Crippen LogP contribution in [0.2, 0.25) is 0 Å². The van der Waals surface area contributed by atoms with Crippen LogP contribution in [0.3, 0.4) is 0 Å². The minimum Gasteiger partial charge on any atom is -0.496 e. The predicted octanol–water partition coefficient (Wildman–Crippen LogP) is 6.38. The van der Waals surface area contributed by atoms with Gasteiger partial charge >= 0.3 is 0 Å². The van der Waals surface area contributed by atoms with Crippen molar-refractivity contribution < 1.29 is 23.1 Å². The van der Waals surface area contributed by atoms with Crippen LogP contribution in [0.4, 0.5) is 8.78 Å². The molecule has 206 valence electrons. The quantitative estimate of drug-likeness (QED) is 0.197. The smallest absolute Gasteiger partial charge is 0.251 e. The number of rotatable bonds is 13. The monoisotopic (exact) mass is 534 g/mol. The largest absolute Gasteiger partial charge is 0.496 e. The molecule has 3 aromatic rings. The molecule has 39 heavy (non-hydrogen) atoms. The standard InChI is InChI=1S/C32H36F2N2O3/c1-22-20-26(21-30(39-3)23(22)2)32(38)36-19-7-6-18-35-31(37)9-5-4-8-29(24-10-14-27(33)15-11-24)25-12-16-28(34)17-13-25/h6-7,10-17,20-21,29H,4-5,8-9,18-19H2,1-3H3,(H,35,37)(H,36,38)/b7-6+. The molecule has 0 bridgehead atoms. The molecule has 0 aliphatic rings. The highest BCUT2D eigenvalue weighted by Crippen LogP contribution is 2.30. The minimum absolute atomic E-state index is 0.00248. The lowest BCUT2D eigenvalue weighted by molar-refractivity contribution is -0.121. The van der Waals surface area contributed by atoms with Gasteiger partial charge in [0, 0.05) is 31.0 Å². The zero-order valence-electron chi connectivity index (χ0n) is 22.7. The zero-order chi connectivity index (χ0) is 28.2. The number of hydrogen-bond donors (Lipinski definition) is 2. The molecule has 2 amide bonds. The number of methoxy groups -OCH3 is 1. The highest BCUT2D eigenvalue weighted by atomic mass is 19.1. The summed E-state index contributed by atoms with van der Waals surface area (Å²) in [6.45, 7) is 4.61. The molecule has 0 unspecified atom stereocenters. The molecule has 0 heterocycles. The van der Waals surface area contributed by atoms with E-state index < -0.39 is 0 Å². The fraction of sp³-hybridized carbons (Fsp3) is 0.312. The summed E-state index contributed by atoms with van der Waals surface area (Å²) >= 11 is 0. The Balaban J connectivity index is 1.38. The number of unbranched alkanes of at least 4 members (excludes halogenated alkanes) is 1. The van der Waals surface area contributed by atoms with E-state index in [-0.39, 0.29) is 29.4 Å². The molecule has 0 saturated heterocycles.